The summed E-state index contributed by atoms with van der Waals surface area (Å²) in [6.07, 6.45) is 6.04. The van der Waals surface area contributed by atoms with Crippen LogP contribution < -0.4 is 10.1 Å². The molecule has 0 bridgehead atoms. The summed E-state index contributed by atoms with van der Waals surface area (Å²) in [5, 5.41) is 7.62. The van der Waals surface area contributed by atoms with E-state index in [4.69, 9.17) is 9.47 Å². The van der Waals surface area contributed by atoms with Gasteiger partial charge in [0.05, 0.1) is 25.6 Å². The summed E-state index contributed by atoms with van der Waals surface area (Å²) in [4.78, 5) is 3.88. The second kappa shape index (κ2) is 7.27. The van der Waals surface area contributed by atoms with E-state index in [0.29, 0.717) is 17.4 Å². The highest BCUT2D eigenvalue weighted by molar-refractivity contribution is 5.25. The molecule has 7 heteroatoms. The molecule has 1 aliphatic heterocycles. The van der Waals surface area contributed by atoms with E-state index in [1.807, 2.05) is 26.4 Å². The minimum atomic E-state index is -0.331. The molecule has 130 valence electrons. The molecule has 1 saturated heterocycles. The van der Waals surface area contributed by atoms with Crippen molar-refractivity contribution in [1.82, 2.24) is 20.1 Å². The van der Waals surface area contributed by atoms with E-state index in [9.17, 15) is 4.39 Å². The number of ether oxygens (including phenoxy) is 2. The van der Waals surface area contributed by atoms with Crippen LogP contribution in [0.15, 0.2) is 24.7 Å². The highest BCUT2D eigenvalue weighted by Crippen LogP contribution is 2.34. The minimum Gasteiger partial charge on any atom is -0.481 e. The third-order valence-corrected chi connectivity index (χ3v) is 4.49. The molecule has 2 aromatic heterocycles. The van der Waals surface area contributed by atoms with Gasteiger partial charge < -0.3 is 14.8 Å². The van der Waals surface area contributed by atoms with Crippen LogP contribution in [0, 0.1) is 11.7 Å². The molecule has 6 nitrogen and oxygen atoms in total. The standard InChI is InChI=1S/C17H23FN4O2/c1-11(14-6-16(23-3)20-9-15(14)18)19-7-12-4-5-24-17(12)13-8-21-22(2)10-13/h6,8-12,17,19H,4-5,7H2,1-3H3/t11?,12-,17+/m0/s1. The Balaban J connectivity index is 1.64. The number of hydrogen-bond donors (Lipinski definition) is 1. The van der Waals surface area contributed by atoms with Crippen LogP contribution in [0.1, 0.15) is 36.6 Å². The Bertz CT molecular complexity index is 691. The summed E-state index contributed by atoms with van der Waals surface area (Å²) in [6, 6.07) is 1.49. The summed E-state index contributed by atoms with van der Waals surface area (Å²) in [7, 11) is 3.42. The molecule has 0 spiro atoms. The zero-order valence-electron chi connectivity index (χ0n) is 14.2. The first-order chi connectivity index (χ1) is 11.6. The molecule has 1 aliphatic rings. The normalized spacial score (nSPS) is 21.8. The maximum Gasteiger partial charge on any atom is 0.213 e. The van der Waals surface area contributed by atoms with Crippen molar-refractivity contribution in [3.63, 3.8) is 0 Å². The Morgan fingerprint density at radius 3 is 3.04 bits per heavy atom. The summed E-state index contributed by atoms with van der Waals surface area (Å²) in [6.45, 7) is 3.41. The molecule has 1 N–H and O–H groups in total. The molecule has 0 aromatic carbocycles. The predicted octanol–water partition coefficient (Wildman–Crippen LogP) is 2.39. The van der Waals surface area contributed by atoms with Crippen LogP contribution in [0.3, 0.4) is 0 Å². The summed E-state index contributed by atoms with van der Waals surface area (Å²) in [5.74, 6) is 0.420. The molecule has 0 amide bonds. The Labute approximate surface area is 141 Å². The topological polar surface area (TPSA) is 61.2 Å². The Morgan fingerprint density at radius 1 is 1.50 bits per heavy atom. The average molecular weight is 334 g/mol. The van der Waals surface area contributed by atoms with Crippen molar-refractivity contribution >= 4 is 0 Å². The fraction of sp³-hybridized carbons (Fsp3) is 0.529. The highest BCUT2D eigenvalue weighted by Gasteiger charge is 2.30. The van der Waals surface area contributed by atoms with Gasteiger partial charge in [-0.15, -0.1) is 0 Å². The third kappa shape index (κ3) is 3.57. The molecular formula is C17H23FN4O2. The zero-order chi connectivity index (χ0) is 17.1. The molecular weight excluding hydrogens is 311 g/mol. The van der Waals surface area contributed by atoms with Crippen LogP contribution >= 0.6 is 0 Å². The van der Waals surface area contributed by atoms with Gasteiger partial charge in [-0.2, -0.15) is 5.10 Å². The summed E-state index contributed by atoms with van der Waals surface area (Å²) < 4.78 is 26.7. The van der Waals surface area contributed by atoms with Gasteiger partial charge >= 0.3 is 0 Å². The highest BCUT2D eigenvalue weighted by atomic mass is 19.1. The van der Waals surface area contributed by atoms with Gasteiger partial charge in [0.15, 0.2) is 0 Å². The molecule has 1 fully saturated rings. The lowest BCUT2D eigenvalue weighted by Crippen LogP contribution is -2.28. The maximum absolute atomic E-state index is 14.0. The van der Waals surface area contributed by atoms with Gasteiger partial charge in [0.2, 0.25) is 5.88 Å². The number of aryl methyl sites for hydroxylation is 1. The number of nitrogens with one attached hydrogen (secondary N) is 1. The monoisotopic (exact) mass is 334 g/mol. The number of nitrogens with zero attached hydrogens (tertiary/aromatic N) is 3. The molecule has 0 aliphatic carbocycles. The van der Waals surface area contributed by atoms with Crippen molar-refractivity contribution in [2.24, 2.45) is 13.0 Å². The summed E-state index contributed by atoms with van der Waals surface area (Å²) in [5.41, 5.74) is 1.64. The lowest BCUT2D eigenvalue weighted by Gasteiger charge is -2.21. The largest absolute Gasteiger partial charge is 0.481 e. The van der Waals surface area contributed by atoms with E-state index in [0.717, 1.165) is 25.1 Å². The number of methoxy groups -OCH3 is 1. The van der Waals surface area contributed by atoms with E-state index in [1.54, 1.807) is 10.7 Å². The predicted molar refractivity (Wildman–Crippen MR) is 87.2 cm³/mol. The maximum atomic E-state index is 14.0. The van der Waals surface area contributed by atoms with Crippen LogP contribution in [0.4, 0.5) is 4.39 Å². The van der Waals surface area contributed by atoms with Crippen molar-refractivity contribution in [3.8, 4) is 5.88 Å². The number of pyridine rings is 1. The number of halogens is 1. The first-order valence-electron chi connectivity index (χ1n) is 8.11. The van der Waals surface area contributed by atoms with Crippen LogP contribution in [0.2, 0.25) is 0 Å². The smallest absolute Gasteiger partial charge is 0.213 e. The average Bonchev–Trinajstić information content (AvgIpc) is 3.21. The first kappa shape index (κ1) is 16.9. The van der Waals surface area contributed by atoms with E-state index < -0.39 is 0 Å². The van der Waals surface area contributed by atoms with Crippen molar-refractivity contribution in [1.29, 1.82) is 0 Å². The molecule has 3 heterocycles. The van der Waals surface area contributed by atoms with Gasteiger partial charge in [-0.3, -0.25) is 4.68 Å². The lowest BCUT2D eigenvalue weighted by molar-refractivity contribution is 0.0898. The van der Waals surface area contributed by atoms with E-state index >= 15 is 0 Å². The quantitative estimate of drug-likeness (QED) is 0.879. The van der Waals surface area contributed by atoms with E-state index in [-0.39, 0.29) is 18.0 Å². The molecule has 3 rings (SSSR count). The molecule has 3 atom stereocenters. The van der Waals surface area contributed by atoms with Crippen LogP contribution in [0.5, 0.6) is 5.88 Å². The minimum absolute atomic E-state index is 0.0372. The van der Waals surface area contributed by atoms with Gasteiger partial charge in [0.25, 0.3) is 0 Å². The second-order valence-electron chi connectivity index (χ2n) is 6.17. The third-order valence-electron chi connectivity index (χ3n) is 4.49. The fourth-order valence-electron chi connectivity index (χ4n) is 3.11. The number of rotatable bonds is 6. The van der Waals surface area contributed by atoms with E-state index in [2.05, 4.69) is 15.4 Å². The Hall–Kier alpha value is -1.99. The van der Waals surface area contributed by atoms with Crippen molar-refractivity contribution in [2.45, 2.75) is 25.5 Å². The van der Waals surface area contributed by atoms with Gasteiger partial charge in [0, 0.05) is 55.5 Å². The SMILES string of the molecule is COc1cc(C(C)NC[C@@H]2CCO[C@H]2c2cnn(C)c2)c(F)cn1. The van der Waals surface area contributed by atoms with Gasteiger partial charge in [-0.25, -0.2) is 9.37 Å². The molecule has 2 aromatic rings. The Morgan fingerprint density at radius 2 is 2.33 bits per heavy atom. The van der Waals surface area contributed by atoms with Crippen molar-refractivity contribution in [3.05, 3.63) is 41.6 Å². The number of hydrogen-bond acceptors (Lipinski definition) is 5. The number of aromatic nitrogens is 3. The van der Waals surface area contributed by atoms with E-state index in [1.165, 1.54) is 13.3 Å². The molecule has 1 unspecified atom stereocenters. The molecule has 24 heavy (non-hydrogen) atoms. The fourth-order valence-corrected chi connectivity index (χ4v) is 3.11. The lowest BCUT2D eigenvalue weighted by atomic mass is 9.96. The van der Waals surface area contributed by atoms with Crippen molar-refractivity contribution < 1.29 is 13.9 Å². The molecule has 0 saturated carbocycles. The second-order valence-corrected chi connectivity index (χ2v) is 6.17. The van der Waals surface area contributed by atoms with Crippen molar-refractivity contribution in [2.75, 3.05) is 20.3 Å². The first-order valence-corrected chi connectivity index (χ1v) is 8.11. The zero-order valence-corrected chi connectivity index (χ0v) is 14.2. The van der Waals surface area contributed by atoms with Gasteiger partial charge in [-0.05, 0) is 13.3 Å². The van der Waals surface area contributed by atoms with Crippen LogP contribution in [-0.2, 0) is 11.8 Å². The Kier molecular flexibility index (Phi) is 5.11. The van der Waals surface area contributed by atoms with Crippen LogP contribution in [0.25, 0.3) is 0 Å². The molecule has 0 radical (unpaired) electrons. The van der Waals surface area contributed by atoms with Crippen LogP contribution in [-0.4, -0.2) is 35.0 Å². The van der Waals surface area contributed by atoms with Gasteiger partial charge in [0.1, 0.15) is 5.82 Å². The summed E-state index contributed by atoms with van der Waals surface area (Å²) >= 11 is 0. The van der Waals surface area contributed by atoms with Gasteiger partial charge in [-0.1, -0.05) is 0 Å².